The van der Waals surface area contributed by atoms with E-state index in [0.717, 1.165) is 38.2 Å². The number of nitrogens with zero attached hydrogens (tertiary/aromatic N) is 6. The minimum atomic E-state index is -0.0419. The van der Waals surface area contributed by atoms with Gasteiger partial charge in [-0.15, -0.1) is 5.10 Å². The van der Waals surface area contributed by atoms with E-state index in [1.54, 1.807) is 12.4 Å². The topological polar surface area (TPSA) is 68.8 Å². The molecule has 0 N–H and O–H groups in total. The molecule has 0 aliphatic carbocycles. The molecule has 7 nitrogen and oxygen atoms in total. The molecule has 0 bridgehead atoms. The monoisotopic (exact) mass is 336 g/mol. The van der Waals surface area contributed by atoms with Crippen LogP contribution in [0, 0.1) is 5.92 Å². The number of aromatic nitrogens is 5. The molecule has 2 aromatic heterocycles. The van der Waals surface area contributed by atoms with Gasteiger partial charge in [0, 0.05) is 32.0 Å². The van der Waals surface area contributed by atoms with Crippen molar-refractivity contribution in [3.63, 3.8) is 0 Å². The Hall–Kier alpha value is -2.96. The molecule has 1 amide bonds. The third-order valence-corrected chi connectivity index (χ3v) is 4.60. The van der Waals surface area contributed by atoms with Gasteiger partial charge >= 0.3 is 0 Å². The van der Waals surface area contributed by atoms with Crippen molar-refractivity contribution < 1.29 is 4.79 Å². The van der Waals surface area contributed by atoms with Crippen molar-refractivity contribution in [2.45, 2.75) is 19.4 Å². The number of carbonyl (C=O) groups is 1. The first-order valence-electron chi connectivity index (χ1n) is 8.54. The van der Waals surface area contributed by atoms with E-state index in [1.807, 2.05) is 52.2 Å². The van der Waals surface area contributed by atoms with Crippen LogP contribution in [0.3, 0.4) is 0 Å². The van der Waals surface area contributed by atoms with Crippen LogP contribution in [0.1, 0.15) is 23.3 Å². The Labute approximate surface area is 145 Å². The molecule has 0 spiro atoms. The number of amides is 1. The molecule has 7 heteroatoms. The third-order valence-electron chi connectivity index (χ3n) is 4.60. The molecule has 4 rings (SSSR count). The lowest BCUT2D eigenvalue weighted by molar-refractivity contribution is 0.0675. The second-order valence-electron chi connectivity index (χ2n) is 6.32. The summed E-state index contributed by atoms with van der Waals surface area (Å²) in [5, 5.41) is 12.8. The van der Waals surface area contributed by atoms with Crippen LogP contribution in [-0.4, -0.2) is 48.7 Å². The first-order chi connectivity index (χ1) is 12.3. The van der Waals surface area contributed by atoms with Crippen molar-refractivity contribution in [2.24, 2.45) is 5.92 Å². The third kappa shape index (κ3) is 3.45. The highest BCUT2D eigenvalue weighted by Gasteiger charge is 2.25. The zero-order chi connectivity index (χ0) is 17.1. The second-order valence-corrected chi connectivity index (χ2v) is 6.32. The number of hydrogen-bond acceptors (Lipinski definition) is 4. The second kappa shape index (κ2) is 6.88. The summed E-state index contributed by atoms with van der Waals surface area (Å²) >= 11 is 0. The maximum atomic E-state index is 12.7. The van der Waals surface area contributed by atoms with Gasteiger partial charge in [0.05, 0.1) is 11.9 Å². The summed E-state index contributed by atoms with van der Waals surface area (Å²) in [4.78, 5) is 16.0. The quantitative estimate of drug-likeness (QED) is 0.731. The minimum Gasteiger partial charge on any atom is -0.337 e. The van der Waals surface area contributed by atoms with Crippen LogP contribution in [0.4, 0.5) is 0 Å². The van der Waals surface area contributed by atoms with Crippen molar-refractivity contribution in [1.29, 1.82) is 0 Å². The Morgan fingerprint density at radius 1 is 1.08 bits per heavy atom. The van der Waals surface area contributed by atoms with Gasteiger partial charge in [0.1, 0.15) is 0 Å². The summed E-state index contributed by atoms with van der Waals surface area (Å²) in [6, 6.07) is 11.5. The van der Waals surface area contributed by atoms with Crippen molar-refractivity contribution >= 4 is 5.91 Å². The highest BCUT2D eigenvalue weighted by Crippen LogP contribution is 2.20. The van der Waals surface area contributed by atoms with E-state index >= 15 is 0 Å². The van der Waals surface area contributed by atoms with Crippen molar-refractivity contribution in [2.75, 3.05) is 13.1 Å². The fourth-order valence-electron chi connectivity index (χ4n) is 3.20. The zero-order valence-corrected chi connectivity index (χ0v) is 13.9. The maximum Gasteiger partial charge on any atom is 0.276 e. The molecule has 1 aliphatic heterocycles. The van der Waals surface area contributed by atoms with Gasteiger partial charge in [0.15, 0.2) is 5.69 Å². The highest BCUT2D eigenvalue weighted by molar-refractivity contribution is 5.92. The molecule has 1 fully saturated rings. The molecule has 25 heavy (non-hydrogen) atoms. The van der Waals surface area contributed by atoms with Gasteiger partial charge in [-0.25, -0.2) is 0 Å². The minimum absolute atomic E-state index is 0.0419. The smallest absolute Gasteiger partial charge is 0.276 e. The number of likely N-dealkylation sites (tertiary alicyclic amines) is 1. The number of para-hydroxylation sites is 1. The van der Waals surface area contributed by atoms with Crippen LogP contribution in [0.25, 0.3) is 5.69 Å². The lowest BCUT2D eigenvalue weighted by Gasteiger charge is -2.31. The van der Waals surface area contributed by atoms with Gasteiger partial charge < -0.3 is 4.90 Å². The molecule has 1 saturated heterocycles. The van der Waals surface area contributed by atoms with Crippen LogP contribution in [0.2, 0.25) is 0 Å². The molecule has 128 valence electrons. The molecule has 0 unspecified atom stereocenters. The van der Waals surface area contributed by atoms with Crippen LogP contribution >= 0.6 is 0 Å². The number of carbonyl (C=O) groups excluding carboxylic acids is 1. The van der Waals surface area contributed by atoms with Gasteiger partial charge in [-0.2, -0.15) is 15.0 Å². The summed E-state index contributed by atoms with van der Waals surface area (Å²) in [6.07, 6.45) is 7.30. The molecular formula is C18H20N6O. The SMILES string of the molecule is O=C(c1cnn(-c2ccccc2)n1)N1CCC(Cn2cccn2)CC1. The summed E-state index contributed by atoms with van der Waals surface area (Å²) in [5.41, 5.74) is 1.24. The molecule has 1 aromatic carbocycles. The van der Waals surface area contributed by atoms with Crippen LogP contribution in [0.5, 0.6) is 0 Å². The lowest BCUT2D eigenvalue weighted by Crippen LogP contribution is -2.39. The van der Waals surface area contributed by atoms with Gasteiger partial charge in [-0.1, -0.05) is 18.2 Å². The molecule has 0 radical (unpaired) electrons. The molecule has 1 aliphatic rings. The number of benzene rings is 1. The average molecular weight is 336 g/mol. The number of piperidine rings is 1. The van der Waals surface area contributed by atoms with Gasteiger partial charge in [-0.3, -0.25) is 9.48 Å². The summed E-state index contributed by atoms with van der Waals surface area (Å²) in [7, 11) is 0. The van der Waals surface area contributed by atoms with E-state index in [4.69, 9.17) is 0 Å². The molecule has 3 aromatic rings. The Balaban J connectivity index is 1.37. The normalized spacial score (nSPS) is 15.4. The first-order valence-corrected chi connectivity index (χ1v) is 8.54. The van der Waals surface area contributed by atoms with Crippen molar-refractivity contribution in [3.8, 4) is 5.69 Å². The van der Waals surface area contributed by atoms with Crippen LogP contribution < -0.4 is 0 Å². The van der Waals surface area contributed by atoms with E-state index in [2.05, 4.69) is 15.3 Å². The predicted octanol–water partition coefficient (Wildman–Crippen LogP) is 2.02. The highest BCUT2D eigenvalue weighted by atomic mass is 16.2. The van der Waals surface area contributed by atoms with Gasteiger partial charge in [0.2, 0.25) is 0 Å². The first kappa shape index (κ1) is 15.6. The van der Waals surface area contributed by atoms with Gasteiger partial charge in [0.25, 0.3) is 5.91 Å². The molecular weight excluding hydrogens is 316 g/mol. The van der Waals surface area contributed by atoms with E-state index < -0.39 is 0 Å². The summed E-state index contributed by atoms with van der Waals surface area (Å²) < 4.78 is 1.97. The molecule has 0 atom stereocenters. The molecule has 0 saturated carbocycles. The lowest BCUT2D eigenvalue weighted by atomic mass is 9.96. The Morgan fingerprint density at radius 2 is 1.88 bits per heavy atom. The Morgan fingerprint density at radius 3 is 2.60 bits per heavy atom. The summed E-state index contributed by atoms with van der Waals surface area (Å²) in [6.45, 7) is 2.42. The fourth-order valence-corrected chi connectivity index (χ4v) is 3.20. The maximum absolute atomic E-state index is 12.7. The Bertz CT molecular complexity index is 818. The van der Waals surface area contributed by atoms with Gasteiger partial charge in [-0.05, 0) is 37.0 Å². The largest absolute Gasteiger partial charge is 0.337 e. The van der Waals surface area contributed by atoms with E-state index in [1.165, 1.54) is 4.80 Å². The van der Waals surface area contributed by atoms with Crippen LogP contribution in [0.15, 0.2) is 55.0 Å². The Kier molecular flexibility index (Phi) is 4.28. The van der Waals surface area contributed by atoms with E-state index in [0.29, 0.717) is 11.6 Å². The molecule has 3 heterocycles. The van der Waals surface area contributed by atoms with Crippen molar-refractivity contribution in [3.05, 3.63) is 60.7 Å². The summed E-state index contributed by atoms with van der Waals surface area (Å²) in [5.74, 6) is 0.517. The van der Waals surface area contributed by atoms with Crippen molar-refractivity contribution in [1.82, 2.24) is 29.7 Å². The van der Waals surface area contributed by atoms with E-state index in [-0.39, 0.29) is 5.91 Å². The van der Waals surface area contributed by atoms with E-state index in [9.17, 15) is 4.79 Å². The number of rotatable bonds is 4. The predicted molar refractivity (Wildman–Crippen MR) is 92.2 cm³/mol. The zero-order valence-electron chi connectivity index (χ0n) is 13.9. The average Bonchev–Trinajstić information content (AvgIpc) is 3.34. The fraction of sp³-hybridized carbons (Fsp3) is 0.333. The number of hydrogen-bond donors (Lipinski definition) is 0. The standard InChI is InChI=1S/C18H20N6O/c25-18(17-13-20-24(21-17)16-5-2-1-3-6-16)22-11-7-15(8-12-22)14-23-10-4-9-19-23/h1-6,9-10,13,15H,7-8,11-12,14H2. The van der Waals surface area contributed by atoms with Crippen LogP contribution in [-0.2, 0) is 6.54 Å².